The van der Waals surface area contributed by atoms with E-state index in [0.29, 0.717) is 6.61 Å². The number of rotatable bonds is 4. The van der Waals surface area contributed by atoms with Crippen molar-refractivity contribution in [2.75, 3.05) is 12.3 Å². The lowest BCUT2D eigenvalue weighted by Gasteiger charge is -2.04. The molecule has 0 amide bonds. The van der Waals surface area contributed by atoms with Crippen LogP contribution in [0, 0.1) is 0 Å². The number of allylic oxidation sites excluding steroid dienone is 1. The fraction of sp³-hybridized carbons (Fsp3) is 0.222. The first-order valence-corrected chi connectivity index (χ1v) is 4.90. The molecule has 8 heteroatoms. The van der Waals surface area contributed by atoms with Crippen molar-refractivity contribution in [3.05, 3.63) is 24.8 Å². The van der Waals surface area contributed by atoms with Gasteiger partial charge in [0.25, 0.3) is 5.95 Å². The largest absolute Gasteiger partial charge is 0.459 e. The average Bonchev–Trinajstić information content (AvgIpc) is 2.82. The molecule has 2 aromatic rings. The van der Waals surface area contributed by atoms with Crippen LogP contribution in [-0.4, -0.2) is 36.3 Å². The normalized spacial score (nSPS) is 10.9. The third kappa shape index (κ3) is 2.74. The lowest BCUT2D eigenvalue weighted by atomic mass is 10.6. The van der Waals surface area contributed by atoms with Crippen LogP contribution in [0.2, 0.25) is 0 Å². The molecule has 0 saturated carbocycles. The van der Waals surface area contributed by atoms with Crippen molar-refractivity contribution in [1.82, 2.24) is 29.7 Å². The highest BCUT2D eigenvalue weighted by Gasteiger charge is 2.07. The Kier molecular flexibility index (Phi) is 3.24. The molecule has 0 bridgehead atoms. The number of anilines is 1. The van der Waals surface area contributed by atoms with Gasteiger partial charge in [0.1, 0.15) is 19.3 Å². The Morgan fingerprint density at radius 3 is 3.00 bits per heavy atom. The molecule has 17 heavy (non-hydrogen) atoms. The number of aromatic nitrogens is 6. The summed E-state index contributed by atoms with van der Waals surface area (Å²) in [6.45, 7) is 2.27. The van der Waals surface area contributed by atoms with Crippen LogP contribution in [0.15, 0.2) is 24.8 Å². The maximum atomic E-state index is 5.55. The summed E-state index contributed by atoms with van der Waals surface area (Å²) < 4.78 is 6.65. The van der Waals surface area contributed by atoms with Crippen molar-refractivity contribution in [3.8, 4) is 12.0 Å². The lowest BCUT2D eigenvalue weighted by Crippen LogP contribution is -2.09. The van der Waals surface area contributed by atoms with E-state index in [9.17, 15) is 0 Å². The third-order valence-corrected chi connectivity index (χ3v) is 1.79. The first-order chi connectivity index (χ1) is 8.29. The highest BCUT2D eigenvalue weighted by molar-refractivity contribution is 5.24. The smallest absolute Gasteiger partial charge is 0.323 e. The summed E-state index contributed by atoms with van der Waals surface area (Å²) in [5.74, 6) is 0.339. The molecule has 8 nitrogen and oxygen atoms in total. The zero-order chi connectivity index (χ0) is 12.1. The number of nitrogens with zero attached hydrogens (tertiary/aromatic N) is 6. The molecular formula is C9H11N7O. The fourth-order valence-corrected chi connectivity index (χ4v) is 1.06. The molecule has 2 aromatic heterocycles. The molecule has 0 aromatic carbocycles. The van der Waals surface area contributed by atoms with Crippen LogP contribution in [0.4, 0.5) is 5.95 Å². The van der Waals surface area contributed by atoms with Crippen LogP contribution < -0.4 is 10.5 Å². The monoisotopic (exact) mass is 233 g/mol. The van der Waals surface area contributed by atoms with E-state index in [1.54, 1.807) is 0 Å². The predicted molar refractivity (Wildman–Crippen MR) is 59.5 cm³/mol. The van der Waals surface area contributed by atoms with Crippen molar-refractivity contribution >= 4 is 5.95 Å². The minimum absolute atomic E-state index is 0.0704. The molecule has 0 aliphatic heterocycles. The number of nitrogen functional groups attached to an aromatic ring is 1. The average molecular weight is 233 g/mol. The second-order valence-corrected chi connectivity index (χ2v) is 3.00. The summed E-state index contributed by atoms with van der Waals surface area (Å²) in [7, 11) is 0. The maximum Gasteiger partial charge on any atom is 0.323 e. The van der Waals surface area contributed by atoms with Gasteiger partial charge in [-0.2, -0.15) is 24.7 Å². The van der Waals surface area contributed by atoms with E-state index in [1.165, 1.54) is 17.3 Å². The first kappa shape index (κ1) is 11.0. The Bertz CT molecular complexity index is 508. The lowest BCUT2D eigenvalue weighted by molar-refractivity contribution is 0.331. The Morgan fingerprint density at radius 1 is 1.41 bits per heavy atom. The van der Waals surface area contributed by atoms with E-state index in [1.807, 2.05) is 19.1 Å². The number of nitrogens with two attached hydrogens (primary N) is 1. The van der Waals surface area contributed by atoms with E-state index in [2.05, 4.69) is 25.0 Å². The van der Waals surface area contributed by atoms with E-state index in [0.717, 1.165) is 0 Å². The van der Waals surface area contributed by atoms with E-state index >= 15 is 0 Å². The Morgan fingerprint density at radius 2 is 2.29 bits per heavy atom. The zero-order valence-electron chi connectivity index (χ0n) is 9.19. The summed E-state index contributed by atoms with van der Waals surface area (Å²) in [6.07, 6.45) is 6.53. The molecule has 0 aliphatic carbocycles. The Labute approximate surface area is 97.2 Å². The highest BCUT2D eigenvalue weighted by Crippen LogP contribution is 2.07. The van der Waals surface area contributed by atoms with Gasteiger partial charge >= 0.3 is 6.01 Å². The molecule has 2 N–H and O–H groups in total. The highest BCUT2D eigenvalue weighted by atomic mass is 16.5. The summed E-state index contributed by atoms with van der Waals surface area (Å²) in [4.78, 5) is 15.6. The van der Waals surface area contributed by atoms with Gasteiger partial charge < -0.3 is 10.5 Å². The standard InChI is InChI=1S/C9H11N7O/c1-2-3-4-17-9-14-7(10)13-8(15-9)16-6-11-5-12-16/h2-3,5-6H,4H2,1H3,(H2,10,13,14,15)/b3-2+. The van der Waals surface area contributed by atoms with Gasteiger partial charge in [0, 0.05) is 0 Å². The van der Waals surface area contributed by atoms with E-state index in [4.69, 9.17) is 10.5 Å². The molecule has 0 unspecified atom stereocenters. The molecular weight excluding hydrogens is 222 g/mol. The number of hydrogen-bond donors (Lipinski definition) is 1. The van der Waals surface area contributed by atoms with Gasteiger partial charge in [-0.1, -0.05) is 12.2 Å². The summed E-state index contributed by atoms with van der Waals surface area (Å²) in [6, 6.07) is 0.154. The second kappa shape index (κ2) is 5.01. The number of ether oxygens (including phenoxy) is 1. The molecule has 0 radical (unpaired) electrons. The van der Waals surface area contributed by atoms with Gasteiger partial charge in [-0.25, -0.2) is 4.98 Å². The van der Waals surface area contributed by atoms with E-state index < -0.39 is 0 Å². The van der Waals surface area contributed by atoms with Crippen molar-refractivity contribution in [2.24, 2.45) is 0 Å². The number of hydrogen-bond acceptors (Lipinski definition) is 7. The summed E-state index contributed by atoms with van der Waals surface area (Å²) in [5, 5.41) is 3.89. The van der Waals surface area contributed by atoms with Gasteiger partial charge in [0.2, 0.25) is 5.95 Å². The van der Waals surface area contributed by atoms with Crippen molar-refractivity contribution < 1.29 is 4.74 Å². The van der Waals surface area contributed by atoms with Crippen molar-refractivity contribution in [1.29, 1.82) is 0 Å². The first-order valence-electron chi connectivity index (χ1n) is 4.90. The van der Waals surface area contributed by atoms with Crippen LogP contribution in [0.3, 0.4) is 0 Å². The third-order valence-electron chi connectivity index (χ3n) is 1.79. The second-order valence-electron chi connectivity index (χ2n) is 3.00. The minimum Gasteiger partial charge on any atom is -0.459 e. The Hall–Kier alpha value is -2.51. The predicted octanol–water partition coefficient (Wildman–Crippen LogP) is -0.0106. The van der Waals surface area contributed by atoms with Gasteiger partial charge in [0.05, 0.1) is 0 Å². The van der Waals surface area contributed by atoms with Crippen LogP contribution >= 0.6 is 0 Å². The fourth-order valence-electron chi connectivity index (χ4n) is 1.06. The van der Waals surface area contributed by atoms with Crippen LogP contribution in [0.1, 0.15) is 6.92 Å². The molecule has 0 aliphatic rings. The van der Waals surface area contributed by atoms with Crippen LogP contribution in [0.25, 0.3) is 5.95 Å². The van der Waals surface area contributed by atoms with Crippen molar-refractivity contribution in [2.45, 2.75) is 6.92 Å². The van der Waals surface area contributed by atoms with Crippen molar-refractivity contribution in [3.63, 3.8) is 0 Å². The topological polar surface area (TPSA) is 105 Å². The molecule has 2 heterocycles. The summed E-state index contributed by atoms with van der Waals surface area (Å²) in [5.41, 5.74) is 5.55. The van der Waals surface area contributed by atoms with Gasteiger partial charge in [-0.3, -0.25) is 0 Å². The van der Waals surface area contributed by atoms with Gasteiger partial charge in [0.15, 0.2) is 0 Å². The van der Waals surface area contributed by atoms with E-state index in [-0.39, 0.29) is 17.9 Å². The molecule has 0 saturated heterocycles. The zero-order valence-corrected chi connectivity index (χ0v) is 9.19. The summed E-state index contributed by atoms with van der Waals surface area (Å²) >= 11 is 0. The van der Waals surface area contributed by atoms with Crippen LogP contribution in [-0.2, 0) is 0 Å². The minimum atomic E-state index is 0.0704. The Balaban J connectivity index is 2.23. The molecule has 0 atom stereocenters. The molecule has 2 rings (SSSR count). The molecule has 0 fully saturated rings. The SMILES string of the molecule is C/C=C/COc1nc(N)nc(-n2cncn2)n1. The molecule has 88 valence electrons. The van der Waals surface area contributed by atoms with Gasteiger partial charge in [-0.15, -0.1) is 0 Å². The molecule has 0 spiro atoms. The van der Waals surface area contributed by atoms with Crippen LogP contribution in [0.5, 0.6) is 6.01 Å². The quantitative estimate of drug-likeness (QED) is 0.740. The maximum absolute atomic E-state index is 5.55. The van der Waals surface area contributed by atoms with Gasteiger partial charge in [-0.05, 0) is 6.92 Å².